The van der Waals surface area contributed by atoms with Crippen LogP contribution >= 0.6 is 0 Å². The molecule has 2 rings (SSSR count). The van der Waals surface area contributed by atoms with Gasteiger partial charge in [0.15, 0.2) is 0 Å². The number of allylic oxidation sites excluding steroid dienone is 1. The van der Waals surface area contributed by atoms with E-state index in [4.69, 9.17) is 4.74 Å². The predicted molar refractivity (Wildman–Crippen MR) is 96.6 cm³/mol. The molecular weight excluding hydrogens is 336 g/mol. The van der Waals surface area contributed by atoms with Gasteiger partial charge in [0.1, 0.15) is 5.69 Å². The highest BCUT2D eigenvalue weighted by molar-refractivity contribution is 5.98. The van der Waals surface area contributed by atoms with Crippen LogP contribution in [0.4, 0.5) is 11.4 Å². The molecule has 0 aliphatic heterocycles. The van der Waals surface area contributed by atoms with E-state index in [2.05, 4.69) is 5.32 Å². The molecule has 0 spiro atoms. The Morgan fingerprint density at radius 1 is 1.19 bits per heavy atom. The molecular formula is C19H18N2O5. The van der Waals surface area contributed by atoms with Crippen LogP contribution in [0.3, 0.4) is 0 Å². The van der Waals surface area contributed by atoms with E-state index in [1.165, 1.54) is 24.3 Å². The molecule has 0 radical (unpaired) electrons. The van der Waals surface area contributed by atoms with Gasteiger partial charge in [-0.15, -0.1) is 0 Å². The molecule has 1 amide bonds. The van der Waals surface area contributed by atoms with Gasteiger partial charge in [-0.2, -0.15) is 0 Å². The topological polar surface area (TPSA) is 98.5 Å². The summed E-state index contributed by atoms with van der Waals surface area (Å²) in [6, 6.07) is 12.9. The molecule has 134 valence electrons. The van der Waals surface area contributed by atoms with E-state index in [0.717, 1.165) is 0 Å². The van der Waals surface area contributed by atoms with Crippen molar-refractivity contribution in [2.45, 2.75) is 20.0 Å². The van der Waals surface area contributed by atoms with Crippen LogP contribution in [-0.4, -0.2) is 16.8 Å². The molecule has 0 aliphatic rings. The second-order valence-electron chi connectivity index (χ2n) is 5.49. The van der Waals surface area contributed by atoms with Gasteiger partial charge >= 0.3 is 5.97 Å². The van der Waals surface area contributed by atoms with Crippen molar-refractivity contribution in [2.75, 3.05) is 5.32 Å². The normalized spacial score (nSPS) is 11.8. The molecule has 26 heavy (non-hydrogen) atoms. The summed E-state index contributed by atoms with van der Waals surface area (Å²) in [5.41, 5.74) is 0.949. The Morgan fingerprint density at radius 2 is 1.88 bits per heavy atom. The number of carbonyl (C=O) groups excluding carboxylic acids is 2. The summed E-state index contributed by atoms with van der Waals surface area (Å²) < 4.78 is 5.23. The number of benzene rings is 2. The first-order valence-electron chi connectivity index (χ1n) is 7.86. The van der Waals surface area contributed by atoms with Crippen LogP contribution in [0.25, 0.3) is 0 Å². The molecule has 0 heterocycles. The highest BCUT2D eigenvalue weighted by Crippen LogP contribution is 2.27. The number of carbonyl (C=O) groups is 2. The first kappa shape index (κ1) is 18.9. The van der Waals surface area contributed by atoms with Gasteiger partial charge in [0.25, 0.3) is 11.6 Å². The lowest BCUT2D eigenvalue weighted by atomic mass is 10.1. The minimum Gasteiger partial charge on any atom is -0.444 e. The standard InChI is InChI=1S/C19H18N2O5/c1-3-7-17(22)26-18(14-8-5-4-6-9-14)19(23)20-15-11-10-13(2)12-16(15)21(24)25/h3-12,18H,1-2H3,(H,20,23)/b7-3+. The van der Waals surface area contributed by atoms with Gasteiger partial charge in [0.2, 0.25) is 6.10 Å². The van der Waals surface area contributed by atoms with E-state index in [0.29, 0.717) is 11.1 Å². The molecule has 0 fully saturated rings. The van der Waals surface area contributed by atoms with E-state index in [1.54, 1.807) is 50.2 Å². The lowest BCUT2D eigenvalue weighted by molar-refractivity contribution is -0.384. The van der Waals surface area contributed by atoms with Crippen LogP contribution in [-0.2, 0) is 14.3 Å². The number of nitrogens with one attached hydrogen (secondary N) is 1. The fourth-order valence-corrected chi connectivity index (χ4v) is 2.29. The van der Waals surface area contributed by atoms with Gasteiger partial charge in [0.05, 0.1) is 4.92 Å². The number of esters is 1. The number of rotatable bonds is 6. The molecule has 2 aromatic rings. The van der Waals surface area contributed by atoms with Crippen molar-refractivity contribution in [2.24, 2.45) is 0 Å². The van der Waals surface area contributed by atoms with E-state index < -0.39 is 22.9 Å². The fraction of sp³-hybridized carbons (Fsp3) is 0.158. The van der Waals surface area contributed by atoms with Gasteiger partial charge in [0, 0.05) is 17.7 Å². The molecule has 0 aliphatic carbocycles. The van der Waals surface area contributed by atoms with Crippen molar-refractivity contribution < 1.29 is 19.2 Å². The fourth-order valence-electron chi connectivity index (χ4n) is 2.29. The largest absolute Gasteiger partial charge is 0.444 e. The third-order valence-corrected chi connectivity index (χ3v) is 3.49. The summed E-state index contributed by atoms with van der Waals surface area (Å²) in [6.45, 7) is 3.36. The number of anilines is 1. The third-order valence-electron chi connectivity index (χ3n) is 3.49. The van der Waals surface area contributed by atoms with Crippen molar-refractivity contribution >= 4 is 23.3 Å². The zero-order valence-corrected chi connectivity index (χ0v) is 14.3. The monoisotopic (exact) mass is 354 g/mol. The summed E-state index contributed by atoms with van der Waals surface area (Å²) in [5.74, 6) is -1.36. The Labute approximate surface area is 150 Å². The van der Waals surface area contributed by atoms with Crippen LogP contribution < -0.4 is 5.32 Å². The molecule has 0 bridgehead atoms. The van der Waals surface area contributed by atoms with E-state index >= 15 is 0 Å². The van der Waals surface area contributed by atoms with Crippen LogP contribution in [0.5, 0.6) is 0 Å². The molecule has 7 heteroatoms. The van der Waals surface area contributed by atoms with Gasteiger partial charge in [-0.25, -0.2) is 4.79 Å². The van der Waals surface area contributed by atoms with Crippen LogP contribution in [0.1, 0.15) is 24.2 Å². The van der Waals surface area contributed by atoms with Crippen molar-refractivity contribution in [1.29, 1.82) is 0 Å². The number of nitro groups is 1. The maximum atomic E-state index is 12.7. The quantitative estimate of drug-likeness (QED) is 0.369. The van der Waals surface area contributed by atoms with Crippen molar-refractivity contribution in [1.82, 2.24) is 0 Å². The molecule has 0 saturated carbocycles. The molecule has 1 atom stereocenters. The number of hydrogen-bond acceptors (Lipinski definition) is 5. The lowest BCUT2D eigenvalue weighted by Crippen LogP contribution is -2.25. The number of hydrogen-bond donors (Lipinski definition) is 1. The van der Waals surface area contributed by atoms with Crippen LogP contribution in [0.2, 0.25) is 0 Å². The average Bonchev–Trinajstić information content (AvgIpc) is 2.62. The zero-order chi connectivity index (χ0) is 19.1. The number of nitrogens with zero attached hydrogens (tertiary/aromatic N) is 1. The number of ether oxygens (including phenoxy) is 1. The van der Waals surface area contributed by atoms with Crippen molar-refractivity contribution in [3.8, 4) is 0 Å². The highest BCUT2D eigenvalue weighted by Gasteiger charge is 2.26. The van der Waals surface area contributed by atoms with Crippen LogP contribution in [0.15, 0.2) is 60.7 Å². The second-order valence-corrected chi connectivity index (χ2v) is 5.49. The first-order valence-corrected chi connectivity index (χ1v) is 7.86. The summed E-state index contributed by atoms with van der Waals surface area (Å²) in [7, 11) is 0. The summed E-state index contributed by atoms with van der Waals surface area (Å²) in [6.07, 6.45) is 1.45. The Bertz CT molecular complexity index is 846. The first-order chi connectivity index (χ1) is 12.4. The molecule has 2 aromatic carbocycles. The molecule has 0 saturated heterocycles. The molecule has 1 N–H and O–H groups in total. The predicted octanol–water partition coefficient (Wildman–Crippen LogP) is 3.70. The number of amides is 1. The number of nitro benzene ring substituents is 1. The smallest absolute Gasteiger partial charge is 0.331 e. The maximum absolute atomic E-state index is 12.7. The van der Waals surface area contributed by atoms with E-state index in [9.17, 15) is 19.7 Å². The SMILES string of the molecule is C/C=C/C(=O)OC(C(=O)Nc1ccc(C)cc1[N+](=O)[O-])c1ccccc1. The minimum atomic E-state index is -1.24. The Hall–Kier alpha value is -3.48. The van der Waals surface area contributed by atoms with Gasteiger partial charge in [-0.3, -0.25) is 14.9 Å². The maximum Gasteiger partial charge on any atom is 0.331 e. The molecule has 0 aromatic heterocycles. The van der Waals surface area contributed by atoms with Gasteiger partial charge in [-0.05, 0) is 25.5 Å². The highest BCUT2D eigenvalue weighted by atomic mass is 16.6. The van der Waals surface area contributed by atoms with Gasteiger partial charge in [-0.1, -0.05) is 42.5 Å². The summed E-state index contributed by atoms with van der Waals surface area (Å²) in [5, 5.41) is 13.7. The molecule has 7 nitrogen and oxygen atoms in total. The van der Waals surface area contributed by atoms with Crippen molar-refractivity contribution in [3.63, 3.8) is 0 Å². The van der Waals surface area contributed by atoms with E-state index in [-0.39, 0.29) is 11.4 Å². The Kier molecular flexibility index (Phi) is 6.21. The minimum absolute atomic E-state index is 0.0358. The van der Waals surface area contributed by atoms with Crippen molar-refractivity contribution in [3.05, 3.63) is 81.9 Å². The Morgan fingerprint density at radius 3 is 2.50 bits per heavy atom. The third kappa shape index (κ3) is 4.76. The zero-order valence-electron chi connectivity index (χ0n) is 14.3. The lowest BCUT2D eigenvalue weighted by Gasteiger charge is -2.17. The van der Waals surface area contributed by atoms with E-state index in [1.807, 2.05) is 0 Å². The number of aryl methyl sites for hydroxylation is 1. The summed E-state index contributed by atoms with van der Waals surface area (Å²) in [4.78, 5) is 35.1. The summed E-state index contributed by atoms with van der Waals surface area (Å²) >= 11 is 0. The second kappa shape index (κ2) is 8.57. The Balaban J connectivity index is 2.33. The van der Waals surface area contributed by atoms with Crippen LogP contribution in [0, 0.1) is 17.0 Å². The molecule has 1 unspecified atom stereocenters. The average molecular weight is 354 g/mol. The van der Waals surface area contributed by atoms with Gasteiger partial charge < -0.3 is 10.1 Å².